The maximum Gasteiger partial charge on any atom is 0.404 e. The van der Waals surface area contributed by atoms with Crippen LogP contribution in [0.15, 0.2) is 0 Å². The summed E-state index contributed by atoms with van der Waals surface area (Å²) in [7, 11) is 0. The zero-order chi connectivity index (χ0) is 15.1. The summed E-state index contributed by atoms with van der Waals surface area (Å²) in [5.41, 5.74) is -2.34. The lowest BCUT2D eigenvalue weighted by Gasteiger charge is -2.45. The van der Waals surface area contributed by atoms with E-state index in [4.69, 9.17) is 5.11 Å². The summed E-state index contributed by atoms with van der Waals surface area (Å²) in [6, 6.07) is 0. The Morgan fingerprint density at radius 3 is 2.40 bits per heavy atom. The number of rotatable bonds is 3. The molecular formula is C12H17F3N2O3. The van der Waals surface area contributed by atoms with Crippen molar-refractivity contribution >= 4 is 11.9 Å². The highest BCUT2D eigenvalue weighted by molar-refractivity contribution is 5.85. The topological polar surface area (TPSA) is 69.6 Å². The molecule has 2 fully saturated rings. The van der Waals surface area contributed by atoms with Gasteiger partial charge < -0.3 is 15.3 Å². The summed E-state index contributed by atoms with van der Waals surface area (Å²) in [6.45, 7) is 1.44. The lowest BCUT2D eigenvalue weighted by Crippen LogP contribution is -2.61. The second kappa shape index (κ2) is 4.91. The lowest BCUT2D eigenvalue weighted by atomic mass is 9.80. The van der Waals surface area contributed by atoms with E-state index in [1.165, 1.54) is 6.92 Å². The summed E-state index contributed by atoms with van der Waals surface area (Å²) in [5, 5.41) is 11.4. The predicted molar refractivity (Wildman–Crippen MR) is 62.8 cm³/mol. The molecule has 8 heteroatoms. The summed E-state index contributed by atoms with van der Waals surface area (Å²) in [5.74, 6) is -2.84. The summed E-state index contributed by atoms with van der Waals surface area (Å²) in [4.78, 5) is 24.1. The fourth-order valence-electron chi connectivity index (χ4n) is 2.74. The van der Waals surface area contributed by atoms with Crippen LogP contribution < -0.4 is 5.32 Å². The number of likely N-dealkylation sites (tertiary alicyclic amines) is 1. The first kappa shape index (κ1) is 15.1. The highest BCUT2D eigenvalue weighted by Gasteiger charge is 2.63. The smallest absolute Gasteiger partial charge is 0.404 e. The molecule has 0 spiro atoms. The number of carboxylic acid groups (broad SMARTS) is 1. The number of hydrogen-bond acceptors (Lipinski definition) is 3. The van der Waals surface area contributed by atoms with Gasteiger partial charge in [0.25, 0.3) is 0 Å². The van der Waals surface area contributed by atoms with Crippen LogP contribution in [0.25, 0.3) is 0 Å². The van der Waals surface area contributed by atoms with E-state index in [0.29, 0.717) is 0 Å². The number of nitrogens with zero attached hydrogens (tertiary/aromatic N) is 1. The fourth-order valence-corrected chi connectivity index (χ4v) is 2.74. The molecule has 2 N–H and O–H groups in total. The summed E-state index contributed by atoms with van der Waals surface area (Å²) in [6.07, 6.45) is -4.85. The van der Waals surface area contributed by atoms with Crippen molar-refractivity contribution in [1.82, 2.24) is 10.2 Å². The number of carbonyl (C=O) groups is 2. The van der Waals surface area contributed by atoms with Crippen LogP contribution in [0.1, 0.15) is 13.3 Å². The van der Waals surface area contributed by atoms with Crippen LogP contribution in [-0.4, -0.2) is 54.2 Å². The molecule has 1 amide bonds. The molecule has 5 nitrogen and oxygen atoms in total. The number of carbonyl (C=O) groups excluding carboxylic acids is 1. The van der Waals surface area contributed by atoms with Crippen LogP contribution in [0.2, 0.25) is 0 Å². The average molecular weight is 294 g/mol. The Morgan fingerprint density at radius 2 is 2.00 bits per heavy atom. The van der Waals surface area contributed by atoms with Gasteiger partial charge in [-0.15, -0.1) is 0 Å². The van der Waals surface area contributed by atoms with Crippen molar-refractivity contribution in [3.63, 3.8) is 0 Å². The molecule has 2 atom stereocenters. The first-order valence-corrected chi connectivity index (χ1v) is 6.48. The minimum atomic E-state index is -4.59. The first-order chi connectivity index (χ1) is 9.19. The van der Waals surface area contributed by atoms with Crippen molar-refractivity contribution in [3.8, 4) is 0 Å². The van der Waals surface area contributed by atoms with E-state index in [1.807, 2.05) is 0 Å². The van der Waals surface area contributed by atoms with Gasteiger partial charge in [0.1, 0.15) is 0 Å². The summed E-state index contributed by atoms with van der Waals surface area (Å²) < 4.78 is 39.6. The molecule has 0 radical (unpaired) electrons. The zero-order valence-corrected chi connectivity index (χ0v) is 11.0. The molecule has 0 saturated carbocycles. The van der Waals surface area contributed by atoms with Crippen LogP contribution in [-0.2, 0) is 9.59 Å². The van der Waals surface area contributed by atoms with Crippen LogP contribution in [0, 0.1) is 17.3 Å². The quantitative estimate of drug-likeness (QED) is 0.804. The molecule has 2 saturated heterocycles. The normalized spacial score (nSPS) is 29.1. The molecule has 2 aliphatic heterocycles. The molecule has 0 bridgehead atoms. The monoisotopic (exact) mass is 294 g/mol. The molecular weight excluding hydrogens is 277 g/mol. The molecule has 2 aliphatic rings. The Balaban J connectivity index is 2.04. The molecule has 0 aromatic rings. The molecule has 0 aromatic carbocycles. The van der Waals surface area contributed by atoms with Gasteiger partial charge in [0, 0.05) is 25.6 Å². The molecule has 2 unspecified atom stereocenters. The Kier molecular flexibility index (Phi) is 3.70. The standard InChI is InChI=1S/C12H17F3N2O3/c1-7(9(18)19)8-4-17(5-8)10(20)11(12(13,14)15)2-3-16-6-11/h7-8,16H,2-6H2,1H3,(H,18,19). The number of hydrogen-bond donors (Lipinski definition) is 2. The minimum absolute atomic E-state index is 0.0874. The van der Waals surface area contributed by atoms with Gasteiger partial charge in [-0.2, -0.15) is 13.2 Å². The second-order valence-electron chi connectivity index (χ2n) is 5.60. The summed E-state index contributed by atoms with van der Waals surface area (Å²) >= 11 is 0. The Labute approximate surface area is 114 Å². The lowest BCUT2D eigenvalue weighted by molar-refractivity contribution is -0.225. The third-order valence-corrected chi connectivity index (χ3v) is 4.40. The molecule has 114 valence electrons. The van der Waals surface area contributed by atoms with Crippen molar-refractivity contribution in [2.75, 3.05) is 26.2 Å². The van der Waals surface area contributed by atoms with Crippen molar-refractivity contribution in [1.29, 1.82) is 0 Å². The van der Waals surface area contributed by atoms with Crippen LogP contribution >= 0.6 is 0 Å². The SMILES string of the molecule is CC(C(=O)O)C1CN(C(=O)C2(C(F)(F)F)CCNC2)C1. The van der Waals surface area contributed by atoms with Crippen molar-refractivity contribution in [2.24, 2.45) is 17.3 Å². The minimum Gasteiger partial charge on any atom is -0.481 e. The van der Waals surface area contributed by atoms with E-state index in [1.54, 1.807) is 0 Å². The fraction of sp³-hybridized carbons (Fsp3) is 0.833. The number of amides is 1. The van der Waals surface area contributed by atoms with Gasteiger partial charge in [-0.25, -0.2) is 0 Å². The van der Waals surface area contributed by atoms with Crippen LogP contribution in [0.5, 0.6) is 0 Å². The maximum atomic E-state index is 13.2. The van der Waals surface area contributed by atoms with Gasteiger partial charge in [-0.3, -0.25) is 9.59 Å². The van der Waals surface area contributed by atoms with Crippen molar-refractivity contribution < 1.29 is 27.9 Å². The first-order valence-electron chi connectivity index (χ1n) is 6.48. The number of nitrogens with one attached hydrogen (secondary N) is 1. The van der Waals surface area contributed by atoms with E-state index < -0.39 is 35.9 Å². The Morgan fingerprint density at radius 1 is 1.40 bits per heavy atom. The molecule has 0 aromatic heterocycles. The van der Waals surface area contributed by atoms with Gasteiger partial charge in [0.15, 0.2) is 5.41 Å². The second-order valence-corrected chi connectivity index (χ2v) is 5.60. The number of carboxylic acids is 1. The van der Waals surface area contributed by atoms with E-state index in [9.17, 15) is 22.8 Å². The predicted octanol–water partition coefficient (Wildman–Crippen LogP) is 0.707. The number of aliphatic carboxylic acids is 1. The molecule has 20 heavy (non-hydrogen) atoms. The van der Waals surface area contributed by atoms with E-state index >= 15 is 0 Å². The van der Waals surface area contributed by atoms with Crippen molar-refractivity contribution in [2.45, 2.75) is 19.5 Å². The van der Waals surface area contributed by atoms with Gasteiger partial charge in [-0.05, 0) is 13.0 Å². The highest BCUT2D eigenvalue weighted by atomic mass is 19.4. The number of halogens is 3. The molecule has 2 rings (SSSR count). The Hall–Kier alpha value is -1.31. The maximum absolute atomic E-state index is 13.2. The molecule has 2 heterocycles. The number of alkyl halides is 3. The Bertz CT molecular complexity index is 413. The third-order valence-electron chi connectivity index (χ3n) is 4.40. The van der Waals surface area contributed by atoms with Crippen LogP contribution in [0.4, 0.5) is 13.2 Å². The van der Waals surface area contributed by atoms with Gasteiger partial charge in [-0.1, -0.05) is 6.92 Å². The van der Waals surface area contributed by atoms with Crippen molar-refractivity contribution in [3.05, 3.63) is 0 Å². The van der Waals surface area contributed by atoms with Gasteiger partial charge in [0.05, 0.1) is 5.92 Å². The highest BCUT2D eigenvalue weighted by Crippen LogP contribution is 2.45. The van der Waals surface area contributed by atoms with Crippen LogP contribution in [0.3, 0.4) is 0 Å². The third kappa shape index (κ3) is 2.25. The van der Waals surface area contributed by atoms with Gasteiger partial charge in [0.2, 0.25) is 5.91 Å². The van der Waals surface area contributed by atoms with E-state index in [2.05, 4.69) is 5.32 Å². The largest absolute Gasteiger partial charge is 0.481 e. The average Bonchev–Trinajstić information content (AvgIpc) is 2.75. The molecule has 0 aliphatic carbocycles. The van der Waals surface area contributed by atoms with E-state index in [-0.39, 0.29) is 32.0 Å². The van der Waals surface area contributed by atoms with E-state index in [0.717, 1.165) is 4.90 Å². The van der Waals surface area contributed by atoms with Gasteiger partial charge >= 0.3 is 12.1 Å². The zero-order valence-electron chi connectivity index (χ0n) is 11.0.